The van der Waals surface area contributed by atoms with E-state index in [0.717, 1.165) is 12.8 Å². The minimum absolute atomic E-state index is 1.06. The summed E-state index contributed by atoms with van der Waals surface area (Å²) >= 11 is 0. The van der Waals surface area contributed by atoms with E-state index >= 15 is 0 Å². The molecule has 0 rings (SSSR count). The highest BCUT2D eigenvalue weighted by molar-refractivity contribution is 7.17. The average molecular weight is 244 g/mol. The zero-order valence-corrected chi connectivity index (χ0v) is 12.7. The van der Waals surface area contributed by atoms with Crippen molar-refractivity contribution in [2.75, 3.05) is 0 Å². The first-order chi connectivity index (χ1) is 7.91. The van der Waals surface area contributed by atoms with Gasteiger partial charge in [0.2, 0.25) is 0 Å². The van der Waals surface area contributed by atoms with Gasteiger partial charge in [0.1, 0.15) is 0 Å². The zero-order chi connectivity index (χ0) is 14.8. The lowest BCUT2D eigenvalue weighted by Crippen LogP contribution is -1.66. The lowest BCUT2D eigenvalue weighted by Gasteiger charge is -1.88. The molecule has 0 aliphatic carbocycles. The molecule has 0 aliphatic rings. The van der Waals surface area contributed by atoms with Crippen LogP contribution in [0.4, 0.5) is 0 Å². The van der Waals surface area contributed by atoms with Gasteiger partial charge < -0.3 is 6.92 Å². The van der Waals surface area contributed by atoms with E-state index in [1.165, 1.54) is 12.8 Å². The Morgan fingerprint density at radius 2 is 1.00 bits per heavy atom. The lowest BCUT2D eigenvalue weighted by atomic mass is 10.2. The first kappa shape index (κ1) is 36.2. The second kappa shape index (κ2) is 236. The largest absolute Gasteiger partial charge is 0.343 e. The number of hydrogen-bond acceptors (Lipinski definition) is 0. The molecular weight excluding hydrogens is 211 g/mol. The molecule has 0 saturated heterocycles. The van der Waals surface area contributed by atoms with E-state index in [2.05, 4.69) is 73.1 Å². The first-order valence-electron chi connectivity index (χ1n) is 5.00. The Balaban J connectivity index is -0.0000000214. The molecule has 0 saturated carbocycles. The standard InChI is InChI=1S/C6H12.4C2H4.CH5P/c1-3-5-6-4-2;5*1-2/h1-6H2;4*1-2H2;1H2,2H3. The summed E-state index contributed by atoms with van der Waals surface area (Å²) < 4.78 is 0. The third-order valence-corrected chi connectivity index (χ3v) is 0.750. The maximum atomic E-state index is 3.70. The van der Waals surface area contributed by atoms with Gasteiger partial charge in [-0.1, -0.05) is 6.42 Å². The highest BCUT2D eigenvalue weighted by Gasteiger charge is 1.77. The normalized spacial score (nSPS) is 4.88. The summed E-state index contributed by atoms with van der Waals surface area (Å²) in [6.07, 6.45) is 4.61. The molecule has 0 N–H and O–H groups in total. The molecule has 1 unspecified atom stereocenters. The molecule has 1 atom stereocenters. The fourth-order valence-electron chi connectivity index (χ4n) is 0.354. The number of hydrogen-bond donors (Lipinski definition) is 0. The molecule has 0 aromatic rings. The predicted octanol–water partition coefficient (Wildman–Crippen LogP) is 5.81. The number of rotatable bonds is 3. The van der Waals surface area contributed by atoms with Gasteiger partial charge >= 0.3 is 0 Å². The highest BCUT2D eigenvalue weighted by Crippen LogP contribution is 1.94. The van der Waals surface area contributed by atoms with Crippen molar-refractivity contribution in [1.29, 1.82) is 0 Å². The van der Waals surface area contributed by atoms with Crippen molar-refractivity contribution >= 4 is 9.24 Å². The second-order valence-electron chi connectivity index (χ2n) is 1.41. The van der Waals surface area contributed by atoms with Gasteiger partial charge in [-0.2, -0.15) is 22.3 Å². The lowest BCUT2D eigenvalue weighted by molar-refractivity contribution is 0.759. The van der Waals surface area contributed by atoms with E-state index in [1.54, 1.807) is 9.24 Å². The van der Waals surface area contributed by atoms with E-state index in [4.69, 9.17) is 0 Å². The molecule has 0 aromatic heterocycles. The summed E-state index contributed by atoms with van der Waals surface area (Å²) in [7, 11) is 1.61. The Morgan fingerprint density at radius 3 is 1.06 bits per heavy atom. The van der Waals surface area contributed by atoms with E-state index < -0.39 is 0 Å². The van der Waals surface area contributed by atoms with Gasteiger partial charge in [-0.05, 0) is 6.42 Å². The second-order valence-corrected chi connectivity index (χ2v) is 1.41. The Bertz CT molecular complexity index is 41.4. The van der Waals surface area contributed by atoms with Crippen molar-refractivity contribution in [1.82, 2.24) is 0 Å². The molecule has 0 fully saturated rings. The van der Waals surface area contributed by atoms with Crippen LogP contribution in [0.3, 0.4) is 0 Å². The maximum absolute atomic E-state index is 3.70. The van der Waals surface area contributed by atoms with Gasteiger partial charge in [0.05, 0.1) is 13.3 Å². The molecule has 0 bridgehead atoms. The van der Waals surface area contributed by atoms with Crippen LogP contribution in [-0.4, -0.2) is 0 Å². The van der Waals surface area contributed by atoms with Crippen LogP contribution >= 0.6 is 9.24 Å². The Labute approximate surface area is 108 Å². The fourth-order valence-corrected chi connectivity index (χ4v) is 0.354. The van der Waals surface area contributed by atoms with Gasteiger partial charge in [-0.15, -0.1) is 52.6 Å². The molecule has 1 heteroatoms. The predicted molar refractivity (Wildman–Crippen MR) is 90.7 cm³/mol. The van der Waals surface area contributed by atoms with E-state index in [1.807, 2.05) is 0 Å². The summed E-state index contributed by atoms with van der Waals surface area (Å²) in [6, 6.07) is 0. The zero-order valence-electron chi connectivity index (χ0n) is 11.3. The number of unbranched alkanes of at least 4 members (excludes halogenated alkanes) is 3. The Kier molecular flexibility index (Phi) is 534. The average Bonchev–Trinajstić information content (AvgIpc) is 2.47. The van der Waals surface area contributed by atoms with Crippen molar-refractivity contribution in [2.45, 2.75) is 25.7 Å². The highest BCUT2D eigenvalue weighted by atomic mass is 31.0. The summed E-state index contributed by atoms with van der Waals surface area (Å²) in [5.74, 6) is 0. The van der Waals surface area contributed by atoms with Crippen LogP contribution in [0.1, 0.15) is 25.7 Å². The van der Waals surface area contributed by atoms with E-state index in [-0.39, 0.29) is 0 Å². The molecule has 0 radical (unpaired) electrons. The SMILES string of the molecule is C=C.C=C.C=C.C=C.[CH2+]CCCC[CH2-].[CH2-][PH3+]. The van der Waals surface area contributed by atoms with Crippen molar-refractivity contribution in [3.8, 4) is 0 Å². The quantitative estimate of drug-likeness (QED) is 0.254. The molecular formula is C15H33P. The Morgan fingerprint density at radius 1 is 0.750 bits per heavy atom. The maximum Gasteiger partial charge on any atom is 0.0849 e. The topological polar surface area (TPSA) is 0 Å². The summed E-state index contributed by atoms with van der Waals surface area (Å²) in [5, 5.41) is 0. The van der Waals surface area contributed by atoms with E-state index in [0.29, 0.717) is 0 Å². The van der Waals surface area contributed by atoms with Crippen LogP contribution < -0.4 is 0 Å². The molecule has 0 nitrogen and oxygen atoms in total. The summed E-state index contributed by atoms with van der Waals surface area (Å²) in [5.41, 5.74) is 0. The monoisotopic (exact) mass is 244 g/mol. The summed E-state index contributed by atoms with van der Waals surface area (Å²) in [6.45, 7) is 34.7. The molecule has 0 heterocycles. The third-order valence-electron chi connectivity index (χ3n) is 0.750. The van der Waals surface area contributed by atoms with Gasteiger partial charge in [0.15, 0.2) is 0 Å². The molecule has 0 spiro atoms. The van der Waals surface area contributed by atoms with Gasteiger partial charge in [-0.3, -0.25) is 0 Å². The van der Waals surface area contributed by atoms with Gasteiger partial charge in [-0.25, -0.2) is 0 Å². The van der Waals surface area contributed by atoms with Crippen molar-refractivity contribution in [3.05, 3.63) is 73.1 Å². The molecule has 0 aromatic carbocycles. The Hall–Kier alpha value is -0.740. The minimum Gasteiger partial charge on any atom is -0.343 e. The molecule has 98 valence electrons. The fraction of sp³-hybridized carbons (Fsp3) is 0.267. The smallest absolute Gasteiger partial charge is 0.0849 e. The van der Waals surface area contributed by atoms with Crippen LogP contribution in [0.5, 0.6) is 0 Å². The van der Waals surface area contributed by atoms with Crippen LogP contribution in [0, 0.1) is 20.5 Å². The molecule has 16 heavy (non-hydrogen) atoms. The van der Waals surface area contributed by atoms with E-state index in [9.17, 15) is 0 Å². The van der Waals surface area contributed by atoms with Crippen molar-refractivity contribution < 1.29 is 0 Å². The molecule has 0 amide bonds. The minimum atomic E-state index is 1.06. The summed E-state index contributed by atoms with van der Waals surface area (Å²) in [4.78, 5) is 0. The van der Waals surface area contributed by atoms with Gasteiger partial charge in [0, 0.05) is 0 Å². The first-order valence-corrected chi connectivity index (χ1v) is 6.00. The van der Waals surface area contributed by atoms with Crippen molar-refractivity contribution in [3.63, 3.8) is 0 Å². The van der Waals surface area contributed by atoms with Crippen LogP contribution in [0.25, 0.3) is 0 Å². The van der Waals surface area contributed by atoms with Crippen LogP contribution in [0.2, 0.25) is 0 Å². The van der Waals surface area contributed by atoms with Gasteiger partial charge in [0.25, 0.3) is 0 Å². The molecule has 0 aliphatic heterocycles. The van der Waals surface area contributed by atoms with Crippen LogP contribution in [0.15, 0.2) is 52.6 Å². The third kappa shape index (κ3) is 390. The van der Waals surface area contributed by atoms with Crippen molar-refractivity contribution in [2.24, 2.45) is 0 Å². The van der Waals surface area contributed by atoms with Crippen LogP contribution in [-0.2, 0) is 0 Å².